The van der Waals surface area contributed by atoms with Crippen molar-refractivity contribution in [2.45, 2.75) is 0 Å². The molecule has 0 atom stereocenters. The molecule has 1 fully saturated rings. The number of aromatic nitrogens is 1. The maximum atomic E-state index is 14.9. The van der Waals surface area contributed by atoms with Crippen LogP contribution in [0.4, 0.5) is 10.1 Å². The summed E-state index contributed by atoms with van der Waals surface area (Å²) in [6.07, 6.45) is 1.12. The lowest BCUT2D eigenvalue weighted by Crippen LogP contribution is -2.45. The standard InChI is InChI=1S/C17H21FN4O4/c1-19-9-26-16-13-10(15(23)11(8-20-13)17(24)25)7-12(18)14(16)22-5-3-21(2)4-6-22/h7-8,19H,3-6,9H2,1-2H3,(H,20,23)(H,24,25). The molecule has 2 heterocycles. The lowest BCUT2D eigenvalue weighted by Gasteiger charge is -2.35. The van der Waals surface area contributed by atoms with Gasteiger partial charge in [-0.2, -0.15) is 0 Å². The van der Waals surface area contributed by atoms with E-state index in [2.05, 4.69) is 15.2 Å². The van der Waals surface area contributed by atoms with Gasteiger partial charge in [-0.25, -0.2) is 9.18 Å². The van der Waals surface area contributed by atoms with Gasteiger partial charge in [-0.1, -0.05) is 0 Å². The molecule has 0 bridgehead atoms. The fraction of sp³-hybridized carbons (Fsp3) is 0.412. The molecule has 1 aromatic heterocycles. The number of benzene rings is 1. The molecule has 0 amide bonds. The summed E-state index contributed by atoms with van der Waals surface area (Å²) in [6, 6.07) is 1.08. The number of carboxylic acids is 1. The Hall–Kier alpha value is -2.65. The van der Waals surface area contributed by atoms with E-state index in [-0.39, 0.29) is 29.1 Å². The van der Waals surface area contributed by atoms with Gasteiger partial charge in [0, 0.05) is 32.4 Å². The van der Waals surface area contributed by atoms with E-state index in [4.69, 9.17) is 9.84 Å². The average molecular weight is 364 g/mol. The first-order chi connectivity index (χ1) is 12.4. The van der Waals surface area contributed by atoms with Gasteiger partial charge in [-0.3, -0.25) is 10.1 Å². The Morgan fingerprint density at radius 2 is 2.08 bits per heavy atom. The summed E-state index contributed by atoms with van der Waals surface area (Å²) < 4.78 is 20.6. The second-order valence-electron chi connectivity index (χ2n) is 6.23. The van der Waals surface area contributed by atoms with Crippen molar-refractivity contribution < 1.29 is 19.0 Å². The third-order valence-electron chi connectivity index (χ3n) is 4.47. The molecule has 9 heteroatoms. The number of anilines is 1. The molecule has 26 heavy (non-hydrogen) atoms. The van der Waals surface area contributed by atoms with Gasteiger partial charge in [0.1, 0.15) is 18.0 Å². The van der Waals surface area contributed by atoms with Gasteiger partial charge in [0.25, 0.3) is 0 Å². The summed E-state index contributed by atoms with van der Waals surface area (Å²) in [5.74, 6) is -1.77. The van der Waals surface area contributed by atoms with Crippen molar-refractivity contribution >= 4 is 22.6 Å². The van der Waals surface area contributed by atoms with E-state index in [0.717, 1.165) is 25.4 Å². The Morgan fingerprint density at radius 1 is 1.38 bits per heavy atom. The summed E-state index contributed by atoms with van der Waals surface area (Å²) in [5.41, 5.74) is -0.627. The molecule has 0 radical (unpaired) electrons. The first kappa shape index (κ1) is 18.2. The predicted octanol–water partition coefficient (Wildman–Crippen LogP) is 0.673. The topological polar surface area (TPSA) is 97.9 Å². The molecule has 1 aliphatic rings. The Labute approximate surface area is 149 Å². The van der Waals surface area contributed by atoms with Gasteiger partial charge in [-0.05, 0) is 20.2 Å². The zero-order chi connectivity index (χ0) is 18.8. The van der Waals surface area contributed by atoms with E-state index >= 15 is 0 Å². The summed E-state index contributed by atoms with van der Waals surface area (Å²) in [5, 5.41) is 11.9. The molecule has 1 saturated heterocycles. The molecule has 0 spiro atoms. The van der Waals surface area contributed by atoms with Crippen LogP contribution < -0.4 is 20.4 Å². The maximum Gasteiger partial charge on any atom is 0.341 e. The Bertz CT molecular complexity index is 890. The van der Waals surface area contributed by atoms with E-state index in [1.54, 1.807) is 7.05 Å². The normalized spacial score (nSPS) is 15.4. The number of carboxylic acid groups (broad SMARTS) is 1. The van der Waals surface area contributed by atoms with Crippen molar-refractivity contribution in [1.29, 1.82) is 0 Å². The summed E-state index contributed by atoms with van der Waals surface area (Å²) in [6.45, 7) is 2.90. The first-order valence-corrected chi connectivity index (χ1v) is 8.26. The van der Waals surface area contributed by atoms with Gasteiger partial charge >= 0.3 is 5.97 Å². The van der Waals surface area contributed by atoms with E-state index < -0.39 is 22.8 Å². The molecule has 8 nitrogen and oxygen atoms in total. The van der Waals surface area contributed by atoms with Crippen molar-refractivity contribution in [3.63, 3.8) is 0 Å². The quantitative estimate of drug-likeness (QED) is 0.671. The largest absolute Gasteiger partial charge is 0.477 e. The number of likely N-dealkylation sites (N-methyl/N-ethyl adjacent to an activating group) is 1. The van der Waals surface area contributed by atoms with Gasteiger partial charge in [0.15, 0.2) is 11.6 Å². The second kappa shape index (κ2) is 7.30. The van der Waals surface area contributed by atoms with Crippen molar-refractivity contribution in [3.8, 4) is 5.75 Å². The zero-order valence-electron chi connectivity index (χ0n) is 14.6. The smallest absolute Gasteiger partial charge is 0.341 e. The van der Waals surface area contributed by atoms with Crippen molar-refractivity contribution in [1.82, 2.24) is 15.2 Å². The molecule has 2 aromatic rings. The summed E-state index contributed by atoms with van der Waals surface area (Å²) in [4.78, 5) is 30.4. The molecule has 3 rings (SSSR count). The Morgan fingerprint density at radius 3 is 2.69 bits per heavy atom. The van der Waals surface area contributed by atoms with Crippen molar-refractivity contribution in [3.05, 3.63) is 33.9 Å². The van der Waals surface area contributed by atoms with Crippen LogP contribution in [-0.2, 0) is 0 Å². The number of aromatic amines is 1. The van der Waals surface area contributed by atoms with Gasteiger partial charge < -0.3 is 24.6 Å². The van der Waals surface area contributed by atoms with Crippen LogP contribution in [0.25, 0.3) is 10.9 Å². The number of nitrogens with one attached hydrogen (secondary N) is 2. The van der Waals surface area contributed by atoms with Gasteiger partial charge in [0.2, 0.25) is 5.43 Å². The lowest BCUT2D eigenvalue weighted by atomic mass is 10.1. The molecule has 0 unspecified atom stereocenters. The predicted molar refractivity (Wildman–Crippen MR) is 95.8 cm³/mol. The molecule has 3 N–H and O–H groups in total. The second-order valence-corrected chi connectivity index (χ2v) is 6.23. The van der Waals surface area contributed by atoms with Crippen molar-refractivity contribution in [2.75, 3.05) is 51.9 Å². The minimum absolute atomic E-state index is 0.0496. The van der Waals surface area contributed by atoms with Crippen LogP contribution in [0.3, 0.4) is 0 Å². The van der Waals surface area contributed by atoms with Gasteiger partial charge in [0.05, 0.1) is 10.9 Å². The number of aromatic carboxylic acids is 1. The Kier molecular flexibility index (Phi) is 5.10. The maximum absolute atomic E-state index is 14.9. The number of nitrogens with zero attached hydrogens (tertiary/aromatic N) is 2. The van der Waals surface area contributed by atoms with Crippen LogP contribution in [0, 0.1) is 5.82 Å². The number of carbonyl (C=O) groups is 1. The highest BCUT2D eigenvalue weighted by molar-refractivity contribution is 5.96. The highest BCUT2D eigenvalue weighted by Gasteiger charge is 2.26. The number of halogens is 1. The molecular formula is C17H21FN4O4. The van der Waals surface area contributed by atoms with Crippen LogP contribution in [-0.4, -0.2) is 68.0 Å². The fourth-order valence-electron chi connectivity index (χ4n) is 3.06. The molecule has 0 aliphatic carbocycles. The SMILES string of the molecule is CNCOc1c(N2CCN(C)CC2)c(F)cc2c(=O)c(C(=O)O)c[nH]c12. The van der Waals surface area contributed by atoms with E-state index in [1.807, 2.05) is 11.9 Å². The Balaban J connectivity index is 2.20. The van der Waals surface area contributed by atoms with Crippen LogP contribution in [0.15, 0.2) is 17.1 Å². The number of rotatable bonds is 5. The third kappa shape index (κ3) is 3.23. The minimum atomic E-state index is -1.37. The lowest BCUT2D eigenvalue weighted by molar-refractivity contribution is 0.0695. The number of ether oxygens (including phenoxy) is 1. The third-order valence-corrected chi connectivity index (χ3v) is 4.47. The van der Waals surface area contributed by atoms with Crippen LogP contribution in [0.2, 0.25) is 0 Å². The number of H-pyrrole nitrogens is 1. The zero-order valence-corrected chi connectivity index (χ0v) is 14.6. The average Bonchev–Trinajstić information content (AvgIpc) is 2.61. The number of piperazine rings is 1. The minimum Gasteiger partial charge on any atom is -0.477 e. The van der Waals surface area contributed by atoms with Crippen LogP contribution >= 0.6 is 0 Å². The van der Waals surface area contributed by atoms with E-state index in [1.165, 1.54) is 0 Å². The highest BCUT2D eigenvalue weighted by Crippen LogP contribution is 2.37. The number of hydrogen-bond acceptors (Lipinski definition) is 6. The van der Waals surface area contributed by atoms with Crippen LogP contribution in [0.1, 0.15) is 10.4 Å². The summed E-state index contributed by atoms with van der Waals surface area (Å²) >= 11 is 0. The number of fused-ring (bicyclic) bond motifs is 1. The number of pyridine rings is 1. The fourth-order valence-corrected chi connectivity index (χ4v) is 3.06. The molecule has 1 aliphatic heterocycles. The first-order valence-electron chi connectivity index (χ1n) is 8.26. The van der Waals surface area contributed by atoms with Gasteiger partial charge in [-0.15, -0.1) is 0 Å². The summed E-state index contributed by atoms with van der Waals surface area (Å²) in [7, 11) is 3.68. The monoisotopic (exact) mass is 364 g/mol. The van der Waals surface area contributed by atoms with E-state index in [0.29, 0.717) is 13.1 Å². The number of hydrogen-bond donors (Lipinski definition) is 3. The molecule has 140 valence electrons. The molecule has 0 saturated carbocycles. The van der Waals surface area contributed by atoms with E-state index in [9.17, 15) is 14.0 Å². The molecule has 1 aromatic carbocycles. The highest BCUT2D eigenvalue weighted by atomic mass is 19.1. The van der Waals surface area contributed by atoms with Crippen molar-refractivity contribution in [2.24, 2.45) is 0 Å². The molecular weight excluding hydrogens is 343 g/mol. The van der Waals surface area contributed by atoms with Crippen LogP contribution in [0.5, 0.6) is 5.75 Å².